The Balaban J connectivity index is 1.04. The highest BCUT2D eigenvalue weighted by atomic mass is 32.1. The highest BCUT2D eigenvalue weighted by Crippen LogP contribution is 2.35. The van der Waals surface area contributed by atoms with Gasteiger partial charge < -0.3 is 10.1 Å². The summed E-state index contributed by atoms with van der Waals surface area (Å²) < 4.78 is 0. The Labute approximate surface area is 252 Å². The third kappa shape index (κ3) is 6.65. The molecule has 42 heavy (non-hydrogen) atoms. The van der Waals surface area contributed by atoms with E-state index < -0.39 is 11.5 Å². The second-order valence-corrected chi connectivity index (χ2v) is 13.0. The molecule has 1 saturated carbocycles. The van der Waals surface area contributed by atoms with Crippen molar-refractivity contribution in [3.05, 3.63) is 99.5 Å². The number of allylic oxidation sites excluding steroid dienone is 1. The van der Waals surface area contributed by atoms with Gasteiger partial charge in [-0.1, -0.05) is 67.8 Å². The molecule has 1 atom stereocenters. The van der Waals surface area contributed by atoms with Crippen LogP contribution in [0.15, 0.2) is 82.8 Å². The Morgan fingerprint density at radius 2 is 1.74 bits per heavy atom. The predicted molar refractivity (Wildman–Crippen MR) is 173 cm³/mol. The third-order valence-electron chi connectivity index (χ3n) is 9.04. The van der Waals surface area contributed by atoms with Gasteiger partial charge in [0, 0.05) is 41.9 Å². The van der Waals surface area contributed by atoms with E-state index in [9.17, 15) is 4.79 Å². The first-order chi connectivity index (χ1) is 20.4. The number of hydrogen-bond donors (Lipinski definition) is 2. The lowest BCUT2D eigenvalue weighted by Gasteiger charge is -2.24. The number of thiazole rings is 1. The zero-order valence-electron chi connectivity index (χ0n) is 24.3. The van der Waals surface area contributed by atoms with Gasteiger partial charge in [-0.3, -0.25) is 9.79 Å². The van der Waals surface area contributed by atoms with Crippen molar-refractivity contribution in [2.24, 2.45) is 4.99 Å². The molecule has 2 N–H and O–H groups in total. The number of hydrogen-bond acceptors (Lipinski definition) is 4. The summed E-state index contributed by atoms with van der Waals surface area (Å²) in [6.07, 6.45) is 16.2. The summed E-state index contributed by atoms with van der Waals surface area (Å²) in [5, 5.41) is 12.2. The molecule has 4 aromatic rings. The number of benzene rings is 2. The first-order valence-corrected chi connectivity index (χ1v) is 16.1. The van der Waals surface area contributed by atoms with Gasteiger partial charge in [0.1, 0.15) is 0 Å². The molecule has 0 amide bonds. The Kier molecular flexibility index (Phi) is 8.52. The molecule has 2 aromatic carbocycles. The van der Waals surface area contributed by atoms with Crippen LogP contribution in [-0.2, 0) is 24.1 Å². The zero-order valence-corrected chi connectivity index (χ0v) is 25.1. The van der Waals surface area contributed by atoms with Gasteiger partial charge in [0.2, 0.25) is 0 Å². The average molecular weight is 578 g/mol. The van der Waals surface area contributed by atoms with E-state index in [4.69, 9.17) is 10.1 Å². The largest absolute Gasteiger partial charge is 0.481 e. The fourth-order valence-corrected chi connectivity index (χ4v) is 7.14. The number of carbonyl (C=O) groups is 1. The number of aryl methyl sites for hydroxylation is 2. The molecule has 5 nitrogen and oxygen atoms in total. The third-order valence-corrected chi connectivity index (χ3v) is 9.89. The molecule has 0 radical (unpaired) electrons. The molecule has 1 fully saturated rings. The molecule has 6 rings (SSSR count). The number of aliphatic carboxylic acids is 1. The molecule has 1 aliphatic carbocycles. The van der Waals surface area contributed by atoms with Crippen LogP contribution in [0.4, 0.5) is 0 Å². The molecule has 0 saturated heterocycles. The van der Waals surface area contributed by atoms with Crippen molar-refractivity contribution in [3.63, 3.8) is 0 Å². The standard InChI is InChI=1S/C36H39N3O2S/c1-36(19-17-35(40)41)31(18-20-38-36)22-34-39-33(24-42-34)30-15-13-29(14-16-30)32-21-26(23-37-32)8-7-25-9-11-28(12-10-25)27-5-3-2-4-6-27/h9-16,18,20-21,23-24,27,37H,2-8,17,19,22H2,1H3,(H,40,41). The number of aliphatic imine (C=N–C) groups is 1. The van der Waals surface area contributed by atoms with Crippen LogP contribution >= 0.6 is 11.3 Å². The van der Waals surface area contributed by atoms with E-state index in [1.807, 2.05) is 13.0 Å². The summed E-state index contributed by atoms with van der Waals surface area (Å²) in [6, 6.07) is 20.2. The lowest BCUT2D eigenvalue weighted by molar-refractivity contribution is -0.137. The summed E-state index contributed by atoms with van der Waals surface area (Å²) in [4.78, 5) is 24.0. The fraction of sp³-hybridized carbons (Fsp3) is 0.361. The van der Waals surface area contributed by atoms with E-state index >= 15 is 0 Å². The van der Waals surface area contributed by atoms with Gasteiger partial charge in [0.15, 0.2) is 0 Å². The normalized spacial score (nSPS) is 18.8. The number of H-pyrrole nitrogens is 1. The molecule has 1 unspecified atom stereocenters. The SMILES string of the molecule is CC1(CCC(=O)O)N=CC=C1Cc1nc(-c2ccc(-c3cc(CCc4ccc(C5CCCCC5)cc4)c[nH]3)cc2)cs1. The van der Waals surface area contributed by atoms with E-state index in [0.29, 0.717) is 12.8 Å². The summed E-state index contributed by atoms with van der Waals surface area (Å²) in [5.74, 6) is -0.0230. The highest BCUT2D eigenvalue weighted by molar-refractivity contribution is 7.10. The highest BCUT2D eigenvalue weighted by Gasteiger charge is 2.31. The maximum Gasteiger partial charge on any atom is 0.303 e. The fourth-order valence-electron chi connectivity index (χ4n) is 6.32. The van der Waals surface area contributed by atoms with E-state index in [1.54, 1.807) is 17.6 Å². The molecular formula is C36H39N3O2S. The number of rotatable bonds is 11. The van der Waals surface area contributed by atoms with Crippen LogP contribution in [0.5, 0.6) is 0 Å². The van der Waals surface area contributed by atoms with E-state index in [-0.39, 0.29) is 6.42 Å². The van der Waals surface area contributed by atoms with Gasteiger partial charge in [-0.25, -0.2) is 4.98 Å². The van der Waals surface area contributed by atoms with Gasteiger partial charge in [-0.15, -0.1) is 11.3 Å². The predicted octanol–water partition coefficient (Wildman–Crippen LogP) is 8.81. The Morgan fingerprint density at radius 3 is 2.50 bits per heavy atom. The monoisotopic (exact) mass is 577 g/mol. The Hall–Kier alpha value is -3.77. The summed E-state index contributed by atoms with van der Waals surface area (Å²) in [7, 11) is 0. The van der Waals surface area contributed by atoms with Crippen molar-refractivity contribution in [2.75, 3.05) is 0 Å². The van der Waals surface area contributed by atoms with Crippen LogP contribution in [0, 0.1) is 0 Å². The van der Waals surface area contributed by atoms with E-state index in [2.05, 4.69) is 76.2 Å². The number of nitrogens with one attached hydrogen (secondary N) is 1. The van der Waals surface area contributed by atoms with E-state index in [0.717, 1.165) is 46.3 Å². The molecular weight excluding hydrogens is 538 g/mol. The van der Waals surface area contributed by atoms with Crippen LogP contribution in [0.1, 0.15) is 79.5 Å². The first kappa shape index (κ1) is 28.4. The molecule has 2 aromatic heterocycles. The van der Waals surface area contributed by atoms with Crippen molar-refractivity contribution in [3.8, 4) is 22.5 Å². The van der Waals surface area contributed by atoms with Gasteiger partial charge >= 0.3 is 5.97 Å². The van der Waals surface area contributed by atoms with Gasteiger partial charge in [-0.2, -0.15) is 0 Å². The van der Waals surface area contributed by atoms with Crippen molar-refractivity contribution in [1.82, 2.24) is 9.97 Å². The first-order valence-electron chi connectivity index (χ1n) is 15.2. The Morgan fingerprint density at radius 1 is 1.00 bits per heavy atom. The average Bonchev–Trinajstić information content (AvgIpc) is 3.77. The van der Waals surface area contributed by atoms with Crippen LogP contribution in [0.3, 0.4) is 0 Å². The smallest absolute Gasteiger partial charge is 0.303 e. The zero-order chi connectivity index (χ0) is 28.9. The molecule has 0 bridgehead atoms. The van der Waals surface area contributed by atoms with Gasteiger partial charge in [0.25, 0.3) is 0 Å². The summed E-state index contributed by atoms with van der Waals surface area (Å²) in [5.41, 5.74) is 9.29. The number of carboxylic acid groups (broad SMARTS) is 1. The summed E-state index contributed by atoms with van der Waals surface area (Å²) >= 11 is 1.64. The lowest BCUT2D eigenvalue weighted by Crippen LogP contribution is -2.25. The maximum atomic E-state index is 11.1. The number of aromatic nitrogens is 2. The number of aromatic amines is 1. The van der Waals surface area contributed by atoms with Crippen LogP contribution in [0.25, 0.3) is 22.5 Å². The maximum absolute atomic E-state index is 11.1. The lowest BCUT2D eigenvalue weighted by atomic mass is 9.84. The second-order valence-electron chi connectivity index (χ2n) is 12.0. The molecule has 2 aliphatic rings. The van der Waals surface area contributed by atoms with Crippen molar-refractivity contribution in [2.45, 2.75) is 82.6 Å². The molecule has 0 spiro atoms. The number of nitrogens with zero attached hydrogens (tertiary/aromatic N) is 2. The van der Waals surface area contributed by atoms with E-state index in [1.165, 1.54) is 54.4 Å². The van der Waals surface area contributed by atoms with Crippen LogP contribution < -0.4 is 0 Å². The number of carboxylic acids is 1. The minimum Gasteiger partial charge on any atom is -0.481 e. The quantitative estimate of drug-likeness (QED) is 0.187. The second kappa shape index (κ2) is 12.6. The minimum atomic E-state index is -0.789. The minimum absolute atomic E-state index is 0.108. The molecule has 6 heteroatoms. The van der Waals surface area contributed by atoms with Gasteiger partial charge in [-0.05, 0) is 84.9 Å². The van der Waals surface area contributed by atoms with Crippen molar-refractivity contribution < 1.29 is 9.90 Å². The molecule has 1 aliphatic heterocycles. The molecule has 3 heterocycles. The topological polar surface area (TPSA) is 78.3 Å². The van der Waals surface area contributed by atoms with Gasteiger partial charge in [0.05, 0.1) is 16.2 Å². The summed E-state index contributed by atoms with van der Waals surface area (Å²) in [6.45, 7) is 2.01. The van der Waals surface area contributed by atoms with Crippen molar-refractivity contribution in [1.29, 1.82) is 0 Å². The van der Waals surface area contributed by atoms with Crippen molar-refractivity contribution >= 4 is 23.5 Å². The Bertz CT molecular complexity index is 1570. The van der Waals surface area contributed by atoms with Crippen LogP contribution in [0.2, 0.25) is 0 Å². The van der Waals surface area contributed by atoms with Crippen LogP contribution in [-0.4, -0.2) is 32.8 Å². The molecule has 216 valence electrons.